The number of alkyl halides is 2. The molecule has 0 amide bonds. The van der Waals surface area contributed by atoms with Crippen LogP contribution in [0.1, 0.15) is 48.1 Å². The SMILES string of the molecule is COc1cc(-c2cnc3cc(C(C)N(C)CCO)ccn23)cc(OC(F)F)c1C(=O)CC1CC1. The van der Waals surface area contributed by atoms with Gasteiger partial charge in [-0.25, -0.2) is 4.98 Å². The second kappa shape index (κ2) is 10.1. The van der Waals surface area contributed by atoms with Crippen LogP contribution in [0.3, 0.4) is 0 Å². The van der Waals surface area contributed by atoms with Crippen molar-refractivity contribution in [3.8, 4) is 22.8 Å². The van der Waals surface area contributed by atoms with E-state index in [4.69, 9.17) is 9.47 Å². The number of pyridine rings is 1. The number of halogens is 2. The summed E-state index contributed by atoms with van der Waals surface area (Å²) in [6.07, 6.45) is 5.73. The Kier molecular flexibility index (Phi) is 7.13. The lowest BCUT2D eigenvalue weighted by Gasteiger charge is -2.24. The second-order valence-electron chi connectivity index (χ2n) is 8.71. The van der Waals surface area contributed by atoms with Crippen molar-refractivity contribution in [1.29, 1.82) is 0 Å². The van der Waals surface area contributed by atoms with Gasteiger partial charge in [0.25, 0.3) is 0 Å². The zero-order valence-electron chi connectivity index (χ0n) is 19.5. The molecule has 4 rings (SSSR count). The number of carbonyl (C=O) groups excluding carboxylic acids is 1. The number of ether oxygens (including phenoxy) is 2. The number of hydrogen-bond donors (Lipinski definition) is 1. The van der Waals surface area contributed by atoms with E-state index >= 15 is 0 Å². The second-order valence-corrected chi connectivity index (χ2v) is 8.71. The number of hydrogen-bond acceptors (Lipinski definition) is 6. The molecule has 1 aliphatic rings. The van der Waals surface area contributed by atoms with Crippen molar-refractivity contribution in [2.45, 2.75) is 38.8 Å². The molecule has 2 heterocycles. The first-order chi connectivity index (χ1) is 16.3. The van der Waals surface area contributed by atoms with Crippen molar-refractivity contribution >= 4 is 11.4 Å². The molecule has 1 fully saturated rings. The molecule has 1 unspecified atom stereocenters. The van der Waals surface area contributed by atoms with Crippen molar-refractivity contribution in [2.75, 3.05) is 27.3 Å². The lowest BCUT2D eigenvalue weighted by Crippen LogP contribution is -2.25. The van der Waals surface area contributed by atoms with Crippen molar-refractivity contribution in [3.63, 3.8) is 0 Å². The van der Waals surface area contributed by atoms with Crippen LogP contribution in [-0.4, -0.2) is 59.1 Å². The zero-order valence-corrected chi connectivity index (χ0v) is 19.5. The Morgan fingerprint density at radius 2 is 2.03 bits per heavy atom. The number of ketones is 1. The Morgan fingerprint density at radius 3 is 2.68 bits per heavy atom. The van der Waals surface area contributed by atoms with Gasteiger partial charge in [0.1, 0.15) is 22.7 Å². The minimum absolute atomic E-state index is 0.0512. The summed E-state index contributed by atoms with van der Waals surface area (Å²) in [7, 11) is 3.34. The third-order valence-corrected chi connectivity index (χ3v) is 6.38. The van der Waals surface area contributed by atoms with Crippen molar-refractivity contribution in [3.05, 3.63) is 47.8 Å². The van der Waals surface area contributed by atoms with E-state index in [1.807, 2.05) is 41.6 Å². The van der Waals surface area contributed by atoms with Crippen LogP contribution in [0.2, 0.25) is 0 Å². The highest BCUT2D eigenvalue weighted by Gasteiger charge is 2.30. The van der Waals surface area contributed by atoms with Crippen molar-refractivity contribution in [1.82, 2.24) is 14.3 Å². The molecule has 0 aliphatic heterocycles. The van der Waals surface area contributed by atoms with Gasteiger partial charge in [0, 0.05) is 30.8 Å². The van der Waals surface area contributed by atoms with Crippen LogP contribution < -0.4 is 9.47 Å². The van der Waals surface area contributed by atoms with E-state index in [9.17, 15) is 18.7 Å². The molecule has 9 heteroatoms. The van der Waals surface area contributed by atoms with E-state index in [0.29, 0.717) is 29.4 Å². The maximum atomic E-state index is 13.2. The molecule has 2 aromatic heterocycles. The smallest absolute Gasteiger partial charge is 0.387 e. The third kappa shape index (κ3) is 5.05. The Bertz CT molecular complexity index is 1180. The Hall–Kier alpha value is -3.04. The van der Waals surface area contributed by atoms with E-state index in [1.54, 1.807) is 12.3 Å². The van der Waals surface area contributed by atoms with Gasteiger partial charge in [0.05, 0.1) is 25.6 Å². The van der Waals surface area contributed by atoms with Gasteiger partial charge in [-0.2, -0.15) is 8.78 Å². The van der Waals surface area contributed by atoms with E-state index < -0.39 is 6.61 Å². The van der Waals surface area contributed by atoms with Crippen LogP contribution in [0.4, 0.5) is 8.78 Å². The molecule has 1 aliphatic carbocycles. The minimum atomic E-state index is -3.07. The normalized spacial score (nSPS) is 14.7. The Balaban J connectivity index is 1.74. The first-order valence-electron chi connectivity index (χ1n) is 11.3. The van der Waals surface area contributed by atoms with Gasteiger partial charge in [-0.05, 0) is 62.6 Å². The quantitative estimate of drug-likeness (QED) is 0.411. The average molecular weight is 474 g/mol. The number of Topliss-reactive ketones (excluding diaryl/α,β-unsaturated/α-hetero) is 1. The summed E-state index contributed by atoms with van der Waals surface area (Å²) < 4.78 is 38.5. The molecule has 0 bridgehead atoms. The molecule has 0 spiro atoms. The lowest BCUT2D eigenvalue weighted by atomic mass is 10.00. The van der Waals surface area contributed by atoms with Gasteiger partial charge in [0.2, 0.25) is 0 Å². The number of likely N-dealkylation sites (N-methyl/N-ethyl adjacent to an activating group) is 1. The maximum Gasteiger partial charge on any atom is 0.387 e. The van der Waals surface area contributed by atoms with E-state index in [2.05, 4.69) is 4.98 Å². The highest BCUT2D eigenvalue weighted by atomic mass is 19.3. The fourth-order valence-corrected chi connectivity index (χ4v) is 4.12. The fraction of sp³-hybridized carbons (Fsp3) is 0.440. The fourth-order valence-electron chi connectivity index (χ4n) is 4.12. The summed E-state index contributed by atoms with van der Waals surface area (Å²) in [5.41, 5.74) is 2.95. The molecule has 1 aromatic carbocycles. The van der Waals surface area contributed by atoms with Gasteiger partial charge in [-0.1, -0.05) is 0 Å². The molecule has 182 valence electrons. The molecule has 7 nitrogen and oxygen atoms in total. The molecule has 0 radical (unpaired) electrons. The lowest BCUT2D eigenvalue weighted by molar-refractivity contribution is -0.0502. The summed E-state index contributed by atoms with van der Waals surface area (Å²) in [6, 6.07) is 7.08. The Labute approximate surface area is 196 Å². The standard InChI is InChI=1S/C25H29F2N3O4/c1-15(29(2)8-9-31)17-6-7-30-19(14-28-23(30)13-17)18-11-21(33-3)24(20(32)10-16-4-5-16)22(12-18)34-25(26)27/h6-7,11-16,25,31H,4-5,8-10H2,1-3H3. The molecule has 34 heavy (non-hydrogen) atoms. The number of nitrogens with zero attached hydrogens (tertiary/aromatic N) is 3. The van der Waals surface area contributed by atoms with E-state index in [0.717, 1.165) is 18.4 Å². The number of carbonyl (C=O) groups is 1. The van der Waals surface area contributed by atoms with Crippen LogP contribution in [0.25, 0.3) is 16.9 Å². The number of benzene rings is 1. The van der Waals surface area contributed by atoms with Crippen LogP contribution in [0, 0.1) is 5.92 Å². The number of aliphatic hydroxyl groups is 1. The van der Waals surface area contributed by atoms with Crippen LogP contribution in [0.15, 0.2) is 36.7 Å². The topological polar surface area (TPSA) is 76.3 Å². The molecule has 1 atom stereocenters. The molecule has 0 saturated heterocycles. The highest BCUT2D eigenvalue weighted by Crippen LogP contribution is 2.40. The monoisotopic (exact) mass is 473 g/mol. The summed E-state index contributed by atoms with van der Waals surface area (Å²) in [5, 5.41) is 9.21. The van der Waals surface area contributed by atoms with Crippen molar-refractivity contribution in [2.24, 2.45) is 5.92 Å². The Morgan fingerprint density at radius 1 is 1.29 bits per heavy atom. The molecule has 1 N–H and O–H groups in total. The molecule has 1 saturated carbocycles. The van der Waals surface area contributed by atoms with E-state index in [-0.39, 0.29) is 41.9 Å². The summed E-state index contributed by atoms with van der Waals surface area (Å²) in [4.78, 5) is 19.4. The van der Waals surface area contributed by atoms with Gasteiger partial charge in [-0.15, -0.1) is 0 Å². The van der Waals surface area contributed by atoms with Gasteiger partial charge < -0.3 is 14.6 Å². The average Bonchev–Trinajstić information content (AvgIpc) is 3.52. The number of rotatable bonds is 11. The third-order valence-electron chi connectivity index (χ3n) is 6.38. The molecular formula is C25H29F2N3O4. The molecule has 3 aromatic rings. The number of fused-ring (bicyclic) bond motifs is 1. The van der Waals surface area contributed by atoms with Crippen LogP contribution in [0.5, 0.6) is 11.5 Å². The number of imidazole rings is 1. The van der Waals surface area contributed by atoms with Crippen LogP contribution >= 0.6 is 0 Å². The first-order valence-corrected chi connectivity index (χ1v) is 11.3. The summed E-state index contributed by atoms with van der Waals surface area (Å²) in [5.74, 6) is 0.0406. The largest absolute Gasteiger partial charge is 0.496 e. The van der Waals surface area contributed by atoms with Gasteiger partial charge in [0.15, 0.2) is 5.78 Å². The number of aromatic nitrogens is 2. The maximum absolute atomic E-state index is 13.2. The summed E-state index contributed by atoms with van der Waals surface area (Å²) >= 11 is 0. The predicted molar refractivity (Wildman–Crippen MR) is 124 cm³/mol. The van der Waals surface area contributed by atoms with Crippen LogP contribution in [-0.2, 0) is 0 Å². The van der Waals surface area contributed by atoms with Gasteiger partial charge >= 0.3 is 6.61 Å². The number of aliphatic hydroxyl groups excluding tert-OH is 1. The molecular weight excluding hydrogens is 444 g/mol. The van der Waals surface area contributed by atoms with E-state index in [1.165, 1.54) is 13.2 Å². The van der Waals surface area contributed by atoms with Gasteiger partial charge in [-0.3, -0.25) is 14.1 Å². The predicted octanol–water partition coefficient (Wildman–Crippen LogP) is 4.58. The van der Waals surface area contributed by atoms with Crippen molar-refractivity contribution < 1.29 is 28.2 Å². The minimum Gasteiger partial charge on any atom is -0.496 e. The first kappa shape index (κ1) is 24.1. The highest BCUT2D eigenvalue weighted by molar-refractivity contribution is 6.02. The number of methoxy groups -OCH3 is 1. The zero-order chi connectivity index (χ0) is 24.4. The summed E-state index contributed by atoms with van der Waals surface area (Å²) in [6.45, 7) is -0.415.